The molecule has 1 aliphatic heterocycles. The van der Waals surface area contributed by atoms with Crippen LogP contribution in [0.4, 0.5) is 0 Å². The van der Waals surface area contributed by atoms with Crippen molar-refractivity contribution < 1.29 is 24.2 Å². The van der Waals surface area contributed by atoms with Crippen molar-refractivity contribution in [1.29, 1.82) is 0 Å². The molecule has 2 heteroatoms. The summed E-state index contributed by atoms with van der Waals surface area (Å²) in [5, 5.41) is 0. The fraction of sp³-hybridized carbons (Fsp3) is 0.500. The summed E-state index contributed by atoms with van der Waals surface area (Å²) < 4.78 is 4.94. The zero-order valence-corrected chi connectivity index (χ0v) is 9.33. The van der Waals surface area contributed by atoms with Crippen molar-refractivity contribution in [1.82, 2.24) is 0 Å². The second kappa shape index (κ2) is 22.6. The maximum Gasteiger partial charge on any atom is 4.00 e. The summed E-state index contributed by atoms with van der Waals surface area (Å²) in [7, 11) is 0. The van der Waals surface area contributed by atoms with Crippen molar-refractivity contribution in [3.05, 3.63) is 29.7 Å². The molecule has 66 valence electrons. The van der Waals surface area contributed by atoms with Gasteiger partial charge >= 0.3 is 19.5 Å². The van der Waals surface area contributed by atoms with Crippen molar-refractivity contribution in [2.75, 3.05) is 13.2 Å². The molecule has 0 saturated carbocycles. The molecule has 10 heavy (non-hydrogen) atoms. The first-order valence-corrected chi connectivity index (χ1v) is 2.08. The van der Waals surface area contributed by atoms with Crippen LogP contribution in [-0.4, -0.2) is 13.2 Å². The molecule has 1 heterocycles. The summed E-state index contributed by atoms with van der Waals surface area (Å²) in [6, 6.07) is 0. The van der Waals surface area contributed by atoms with Gasteiger partial charge in [0.2, 0.25) is 0 Å². The van der Waals surface area contributed by atoms with Crippen LogP contribution in [0.15, 0.2) is 0 Å². The van der Waals surface area contributed by atoms with Crippen LogP contribution in [0.5, 0.6) is 0 Å². The molecule has 1 aliphatic rings. The van der Waals surface area contributed by atoms with Crippen molar-refractivity contribution >= 4 is 0 Å². The minimum Gasteiger partial charge on any atom is -0.381 e. The Hall–Kier alpha value is 0.583. The minimum absolute atomic E-state index is 0. The topological polar surface area (TPSA) is 9.23 Å². The SMILES string of the molecule is C1CCOC1.[CH3-].[CH3-].[CH3-].[CH3-].[Ru+4]. The van der Waals surface area contributed by atoms with Crippen LogP contribution in [0.1, 0.15) is 12.8 Å². The van der Waals surface area contributed by atoms with Gasteiger partial charge in [0.1, 0.15) is 0 Å². The van der Waals surface area contributed by atoms with Gasteiger partial charge in [0.15, 0.2) is 0 Å². The normalized spacial score (nSPS) is 12.0. The van der Waals surface area contributed by atoms with Gasteiger partial charge in [-0.25, -0.2) is 0 Å². The fourth-order valence-corrected chi connectivity index (χ4v) is 0.510. The van der Waals surface area contributed by atoms with E-state index in [0.29, 0.717) is 0 Å². The maximum atomic E-state index is 4.94. The molecule has 0 N–H and O–H groups in total. The van der Waals surface area contributed by atoms with Crippen LogP contribution < -0.4 is 0 Å². The van der Waals surface area contributed by atoms with Crippen LogP contribution in [0.3, 0.4) is 0 Å². The van der Waals surface area contributed by atoms with Crippen LogP contribution in [0.2, 0.25) is 0 Å². The molecule has 0 aromatic heterocycles. The average molecular weight is 233 g/mol. The molecule has 0 unspecified atom stereocenters. The van der Waals surface area contributed by atoms with E-state index in [1.807, 2.05) is 0 Å². The van der Waals surface area contributed by atoms with Gasteiger partial charge in [-0.1, -0.05) is 0 Å². The second-order valence-electron chi connectivity index (χ2n) is 1.32. The van der Waals surface area contributed by atoms with Gasteiger partial charge in [0, 0.05) is 13.2 Å². The van der Waals surface area contributed by atoms with Gasteiger partial charge in [0.05, 0.1) is 0 Å². The van der Waals surface area contributed by atoms with E-state index in [9.17, 15) is 0 Å². The van der Waals surface area contributed by atoms with Gasteiger partial charge < -0.3 is 34.4 Å². The predicted octanol–water partition coefficient (Wildman–Crippen LogP) is 2.60. The van der Waals surface area contributed by atoms with E-state index >= 15 is 0 Å². The van der Waals surface area contributed by atoms with Gasteiger partial charge in [0.25, 0.3) is 0 Å². The van der Waals surface area contributed by atoms with Crippen molar-refractivity contribution in [3.63, 3.8) is 0 Å². The fourth-order valence-electron chi connectivity index (χ4n) is 0.510. The Morgan fingerprint density at radius 1 is 0.700 bits per heavy atom. The third-order valence-electron chi connectivity index (χ3n) is 0.827. The Labute approximate surface area is 80.3 Å². The molecule has 0 aliphatic carbocycles. The van der Waals surface area contributed by atoms with E-state index in [1.165, 1.54) is 12.8 Å². The average Bonchev–Trinajstić information content (AvgIpc) is 1.76. The molecule has 1 fully saturated rings. The maximum absolute atomic E-state index is 4.94. The summed E-state index contributed by atoms with van der Waals surface area (Å²) in [5.74, 6) is 0. The summed E-state index contributed by atoms with van der Waals surface area (Å²) >= 11 is 0. The van der Waals surface area contributed by atoms with Crippen molar-refractivity contribution in [3.8, 4) is 0 Å². The third kappa shape index (κ3) is 15.8. The number of hydrogen-bond donors (Lipinski definition) is 0. The van der Waals surface area contributed by atoms with Crippen LogP contribution in [0.25, 0.3) is 0 Å². The molecule has 0 atom stereocenters. The standard InChI is InChI=1S/C4H8O.4CH3.Ru/c1-2-4-5-3-1;;;;;/h1-4H2;4*1H3;/q;4*-1;+4. The van der Waals surface area contributed by atoms with Crippen LogP contribution in [0, 0.1) is 29.7 Å². The van der Waals surface area contributed by atoms with Crippen LogP contribution >= 0.6 is 0 Å². The quantitative estimate of drug-likeness (QED) is 0.461. The number of hydrogen-bond acceptors (Lipinski definition) is 1. The molecule has 1 saturated heterocycles. The smallest absolute Gasteiger partial charge is 0.381 e. The molecular formula is C8H20ORu. The Morgan fingerprint density at radius 2 is 1.00 bits per heavy atom. The molecule has 0 bridgehead atoms. The molecular weight excluding hydrogens is 213 g/mol. The molecule has 1 nitrogen and oxygen atoms in total. The first-order valence-electron chi connectivity index (χ1n) is 2.08. The summed E-state index contributed by atoms with van der Waals surface area (Å²) in [6.07, 6.45) is 2.56. The third-order valence-corrected chi connectivity index (χ3v) is 0.827. The van der Waals surface area contributed by atoms with Crippen molar-refractivity contribution in [2.24, 2.45) is 0 Å². The van der Waals surface area contributed by atoms with E-state index in [2.05, 4.69) is 0 Å². The van der Waals surface area contributed by atoms with Crippen LogP contribution in [-0.2, 0) is 24.2 Å². The minimum atomic E-state index is 0. The number of rotatable bonds is 0. The monoisotopic (exact) mass is 234 g/mol. The van der Waals surface area contributed by atoms with E-state index in [1.54, 1.807) is 0 Å². The zero-order valence-electron chi connectivity index (χ0n) is 7.59. The molecule has 0 amide bonds. The second-order valence-corrected chi connectivity index (χ2v) is 1.32. The Bertz CT molecular complexity index is 20.8. The van der Waals surface area contributed by atoms with Crippen molar-refractivity contribution in [2.45, 2.75) is 12.8 Å². The van der Waals surface area contributed by atoms with Gasteiger partial charge in [-0.15, -0.1) is 0 Å². The molecule has 0 spiro atoms. The first kappa shape index (κ1) is 31.2. The zero-order chi connectivity index (χ0) is 3.54. The van der Waals surface area contributed by atoms with Gasteiger partial charge in [-0.3, -0.25) is 0 Å². The van der Waals surface area contributed by atoms with E-state index < -0.39 is 0 Å². The summed E-state index contributed by atoms with van der Waals surface area (Å²) in [6.45, 7) is 2.00. The first-order chi connectivity index (χ1) is 2.50. The van der Waals surface area contributed by atoms with E-state index in [0.717, 1.165) is 13.2 Å². The summed E-state index contributed by atoms with van der Waals surface area (Å²) in [4.78, 5) is 0. The Morgan fingerprint density at radius 3 is 1.10 bits per heavy atom. The molecule has 0 aromatic rings. The largest absolute Gasteiger partial charge is 4.00 e. The molecule has 0 radical (unpaired) electrons. The molecule has 1 rings (SSSR count). The van der Waals surface area contributed by atoms with E-state index in [-0.39, 0.29) is 49.2 Å². The molecule has 0 aromatic carbocycles. The predicted molar refractivity (Wildman–Crippen MR) is 45.7 cm³/mol. The number of ether oxygens (including phenoxy) is 1. The van der Waals surface area contributed by atoms with Gasteiger partial charge in [-0.2, -0.15) is 0 Å². The Balaban J connectivity index is -0.0000000167. The Kier molecular flexibility index (Phi) is 70.6. The van der Waals surface area contributed by atoms with Gasteiger partial charge in [-0.05, 0) is 12.8 Å². The summed E-state index contributed by atoms with van der Waals surface area (Å²) in [5.41, 5.74) is 0. The van der Waals surface area contributed by atoms with E-state index in [4.69, 9.17) is 4.74 Å².